The summed E-state index contributed by atoms with van der Waals surface area (Å²) in [5.41, 5.74) is 2.39. The molecule has 0 radical (unpaired) electrons. The van der Waals surface area contributed by atoms with E-state index in [2.05, 4.69) is 34.3 Å². The molecule has 3 heterocycles. The van der Waals surface area contributed by atoms with E-state index in [1.807, 2.05) is 35.2 Å². The number of aromatic nitrogens is 1. The summed E-state index contributed by atoms with van der Waals surface area (Å²) in [6.07, 6.45) is 1.65. The van der Waals surface area contributed by atoms with Gasteiger partial charge in [0.1, 0.15) is 0 Å². The Hall–Kier alpha value is -3.32. The molecule has 1 aliphatic carbocycles. The lowest BCUT2D eigenvalue weighted by atomic mass is 9.99. The maximum atomic E-state index is 13.4. The average Bonchev–Trinajstić information content (AvgIpc) is 3.26. The first kappa shape index (κ1) is 19.4. The number of rotatable bonds is 5. The highest BCUT2D eigenvalue weighted by Gasteiger charge is 2.55. The predicted octanol–water partition coefficient (Wildman–Crippen LogP) is 3.45. The zero-order valence-corrected chi connectivity index (χ0v) is 17.8. The number of hydrogen-bond acceptors (Lipinski definition) is 6. The van der Waals surface area contributed by atoms with Crippen LogP contribution >= 0.6 is 0 Å². The second kappa shape index (κ2) is 7.67. The highest BCUT2D eigenvalue weighted by Crippen LogP contribution is 2.50. The number of carbonyl (C=O) groups is 1. The monoisotopic (exact) mass is 431 g/mol. The Morgan fingerprint density at radius 3 is 2.50 bits per heavy atom. The number of hydrogen-bond donors (Lipinski definition) is 0. The molecule has 32 heavy (non-hydrogen) atoms. The summed E-state index contributed by atoms with van der Waals surface area (Å²) in [4.78, 5) is 17.8. The molecule has 2 aromatic carbocycles. The quantitative estimate of drug-likeness (QED) is 0.617. The van der Waals surface area contributed by atoms with Gasteiger partial charge in [0.2, 0.25) is 12.7 Å². The Balaban J connectivity index is 1.13. The van der Waals surface area contributed by atoms with Crippen molar-refractivity contribution in [2.75, 3.05) is 33.0 Å². The van der Waals surface area contributed by atoms with Crippen LogP contribution < -0.4 is 9.47 Å². The first-order chi connectivity index (χ1) is 15.7. The predicted molar refractivity (Wildman–Crippen MR) is 117 cm³/mol. The van der Waals surface area contributed by atoms with Crippen LogP contribution in [-0.4, -0.2) is 53.8 Å². The summed E-state index contributed by atoms with van der Waals surface area (Å²) in [5, 5.41) is 4.30. The van der Waals surface area contributed by atoms with Gasteiger partial charge in [-0.15, -0.1) is 0 Å². The van der Waals surface area contributed by atoms with Crippen molar-refractivity contribution in [2.24, 2.45) is 0 Å². The van der Waals surface area contributed by atoms with Crippen molar-refractivity contribution in [3.63, 3.8) is 0 Å². The summed E-state index contributed by atoms with van der Waals surface area (Å²) in [7, 11) is 0. The molecule has 0 bridgehead atoms. The van der Waals surface area contributed by atoms with Gasteiger partial charge in [0.25, 0.3) is 0 Å². The fourth-order valence-corrected chi connectivity index (χ4v) is 4.64. The van der Waals surface area contributed by atoms with E-state index in [0.717, 1.165) is 62.6 Å². The van der Waals surface area contributed by atoms with E-state index in [4.69, 9.17) is 14.0 Å². The van der Waals surface area contributed by atoms with Gasteiger partial charge in [-0.1, -0.05) is 35.5 Å². The van der Waals surface area contributed by atoms with Crippen molar-refractivity contribution >= 4 is 5.91 Å². The normalized spacial score (nSPS) is 19.2. The molecule has 7 nitrogen and oxygen atoms in total. The number of nitrogens with zero attached hydrogens (tertiary/aromatic N) is 3. The molecular weight excluding hydrogens is 406 g/mol. The molecule has 1 saturated carbocycles. The fourth-order valence-electron chi connectivity index (χ4n) is 4.64. The third kappa shape index (κ3) is 3.42. The zero-order valence-electron chi connectivity index (χ0n) is 17.8. The smallest absolute Gasteiger partial charge is 0.235 e. The van der Waals surface area contributed by atoms with E-state index in [1.54, 1.807) is 0 Å². The van der Waals surface area contributed by atoms with Crippen molar-refractivity contribution in [3.8, 4) is 22.8 Å². The van der Waals surface area contributed by atoms with Gasteiger partial charge in [0, 0.05) is 44.4 Å². The van der Waals surface area contributed by atoms with Gasteiger partial charge in [0.05, 0.1) is 11.1 Å². The van der Waals surface area contributed by atoms with Crippen LogP contribution in [0, 0.1) is 0 Å². The van der Waals surface area contributed by atoms with Gasteiger partial charge in [-0.3, -0.25) is 9.69 Å². The van der Waals surface area contributed by atoms with Crippen LogP contribution in [0.5, 0.6) is 11.5 Å². The van der Waals surface area contributed by atoms with E-state index >= 15 is 0 Å². The fraction of sp³-hybridized carbons (Fsp3) is 0.360. The Morgan fingerprint density at radius 2 is 1.72 bits per heavy atom. The third-order valence-corrected chi connectivity index (χ3v) is 6.73. The maximum Gasteiger partial charge on any atom is 0.235 e. The minimum Gasteiger partial charge on any atom is -0.454 e. The molecule has 6 rings (SSSR count). The number of amides is 1. The number of piperazine rings is 1. The Morgan fingerprint density at radius 1 is 0.938 bits per heavy atom. The minimum atomic E-state index is -0.528. The molecule has 2 fully saturated rings. The molecular formula is C25H25N3O4. The van der Waals surface area contributed by atoms with Crippen LogP contribution in [0.3, 0.4) is 0 Å². The van der Waals surface area contributed by atoms with Crippen LogP contribution in [-0.2, 0) is 16.8 Å². The molecule has 1 amide bonds. The number of fused-ring (bicyclic) bond motifs is 1. The molecule has 0 N–H and O–H groups in total. The highest BCUT2D eigenvalue weighted by molar-refractivity contribution is 5.91. The molecule has 3 aliphatic rings. The van der Waals surface area contributed by atoms with E-state index in [1.165, 1.54) is 5.56 Å². The van der Waals surface area contributed by atoms with Crippen LogP contribution in [0.2, 0.25) is 0 Å². The zero-order chi connectivity index (χ0) is 21.5. The average molecular weight is 431 g/mol. The third-order valence-electron chi connectivity index (χ3n) is 6.73. The van der Waals surface area contributed by atoms with Gasteiger partial charge in [0.15, 0.2) is 17.3 Å². The summed E-state index contributed by atoms with van der Waals surface area (Å²) < 4.78 is 16.5. The van der Waals surface area contributed by atoms with Crippen LogP contribution in [0.4, 0.5) is 0 Å². The molecule has 164 valence electrons. The number of benzene rings is 2. The van der Waals surface area contributed by atoms with Gasteiger partial charge in [-0.25, -0.2) is 0 Å². The lowest BCUT2D eigenvalue weighted by molar-refractivity contribution is -0.136. The van der Waals surface area contributed by atoms with Gasteiger partial charge < -0.3 is 18.9 Å². The second-order valence-electron chi connectivity index (χ2n) is 8.78. The van der Waals surface area contributed by atoms with E-state index in [0.29, 0.717) is 11.5 Å². The SMILES string of the molecule is O=C(N1CCN(Cc2ccccc2)CC1)C1(c2cc(-c3ccc4c(c3)OCO4)on2)CC1. The first-order valence-electron chi connectivity index (χ1n) is 11.1. The molecule has 0 unspecified atom stereocenters. The molecule has 0 spiro atoms. The Bertz CT molecular complexity index is 1130. The Labute approximate surface area is 186 Å². The van der Waals surface area contributed by atoms with E-state index in [9.17, 15) is 4.79 Å². The van der Waals surface area contributed by atoms with E-state index in [-0.39, 0.29) is 12.7 Å². The van der Waals surface area contributed by atoms with Gasteiger partial charge in [-0.2, -0.15) is 0 Å². The van der Waals surface area contributed by atoms with Crippen molar-refractivity contribution < 1.29 is 18.8 Å². The van der Waals surface area contributed by atoms with Gasteiger partial charge in [-0.05, 0) is 36.6 Å². The lowest BCUT2D eigenvalue weighted by Crippen LogP contribution is -2.51. The summed E-state index contributed by atoms with van der Waals surface area (Å²) >= 11 is 0. The van der Waals surface area contributed by atoms with Crippen LogP contribution in [0.1, 0.15) is 24.1 Å². The number of ether oxygens (including phenoxy) is 2. The standard InChI is InChI=1S/C25H25N3O4/c29-24(28-12-10-27(11-13-28)16-18-4-2-1-3-5-18)25(8-9-25)23-15-21(32-26-23)19-6-7-20-22(14-19)31-17-30-20/h1-7,14-15H,8-13,16-17H2. The van der Waals surface area contributed by atoms with Crippen molar-refractivity contribution in [3.05, 3.63) is 65.9 Å². The summed E-state index contributed by atoms with van der Waals surface area (Å²) in [6.45, 7) is 4.43. The minimum absolute atomic E-state index is 0.183. The summed E-state index contributed by atoms with van der Waals surface area (Å²) in [5.74, 6) is 2.26. The molecule has 7 heteroatoms. The van der Waals surface area contributed by atoms with Crippen molar-refractivity contribution in [1.29, 1.82) is 0 Å². The topological polar surface area (TPSA) is 68.0 Å². The maximum absolute atomic E-state index is 13.4. The number of carbonyl (C=O) groups excluding carboxylic acids is 1. The summed E-state index contributed by atoms with van der Waals surface area (Å²) in [6, 6.07) is 18.1. The highest BCUT2D eigenvalue weighted by atomic mass is 16.7. The van der Waals surface area contributed by atoms with Gasteiger partial charge >= 0.3 is 0 Å². The lowest BCUT2D eigenvalue weighted by Gasteiger charge is -2.36. The van der Waals surface area contributed by atoms with Crippen molar-refractivity contribution in [1.82, 2.24) is 15.0 Å². The van der Waals surface area contributed by atoms with E-state index < -0.39 is 5.41 Å². The van der Waals surface area contributed by atoms with Crippen LogP contribution in [0.15, 0.2) is 59.1 Å². The molecule has 1 saturated heterocycles. The molecule has 3 aromatic rings. The van der Waals surface area contributed by atoms with Crippen LogP contribution in [0.25, 0.3) is 11.3 Å². The van der Waals surface area contributed by atoms with Crippen molar-refractivity contribution in [2.45, 2.75) is 24.8 Å². The largest absolute Gasteiger partial charge is 0.454 e. The molecule has 1 aromatic heterocycles. The first-order valence-corrected chi connectivity index (χ1v) is 11.1. The molecule has 0 atom stereocenters. The second-order valence-corrected chi connectivity index (χ2v) is 8.78. The molecule has 2 aliphatic heterocycles. The Kier molecular flexibility index (Phi) is 4.64.